The maximum Gasteiger partial charge on any atom is 0.434 e. The Morgan fingerprint density at radius 1 is 1.23 bits per heavy atom. The highest BCUT2D eigenvalue weighted by Crippen LogP contribution is 2.31. The Bertz CT molecular complexity index is 829. The van der Waals surface area contributed by atoms with E-state index in [1.54, 1.807) is 0 Å². The molecule has 0 saturated carbocycles. The Kier molecular flexibility index (Phi) is 6.32. The van der Waals surface area contributed by atoms with Crippen molar-refractivity contribution in [2.24, 2.45) is 0 Å². The predicted molar refractivity (Wildman–Crippen MR) is 93.9 cm³/mol. The van der Waals surface area contributed by atoms with Crippen LogP contribution in [-0.4, -0.2) is 35.4 Å². The summed E-state index contributed by atoms with van der Waals surface area (Å²) in [6.45, 7) is -0.344. The van der Waals surface area contributed by atoms with E-state index in [0.29, 0.717) is 22.0 Å². The first kappa shape index (κ1) is 20.3. The SMILES string of the molecule is CN(CC(=O)Nc1ccc(Cl)c(Cl)c1)C(=O)Nc1nc(C(F)(F)F)cs1. The number of carbonyl (C=O) groups excluding carboxylic acids is 2. The number of rotatable bonds is 4. The van der Waals surface area contributed by atoms with E-state index in [2.05, 4.69) is 15.6 Å². The molecule has 12 heteroatoms. The van der Waals surface area contributed by atoms with Gasteiger partial charge in [-0.25, -0.2) is 9.78 Å². The first-order chi connectivity index (χ1) is 12.1. The number of hydrogen-bond acceptors (Lipinski definition) is 4. The number of halogens is 5. The number of alkyl halides is 3. The molecule has 0 aliphatic carbocycles. The number of thiazole rings is 1. The molecule has 0 atom stereocenters. The van der Waals surface area contributed by atoms with Crippen LogP contribution in [0.25, 0.3) is 0 Å². The quantitative estimate of drug-likeness (QED) is 0.751. The fourth-order valence-electron chi connectivity index (χ4n) is 1.71. The van der Waals surface area contributed by atoms with Crippen molar-refractivity contribution in [2.75, 3.05) is 24.2 Å². The molecule has 3 amide bonds. The Labute approximate surface area is 159 Å². The monoisotopic (exact) mass is 426 g/mol. The van der Waals surface area contributed by atoms with Crippen molar-refractivity contribution in [3.8, 4) is 0 Å². The van der Waals surface area contributed by atoms with Gasteiger partial charge in [0, 0.05) is 18.1 Å². The van der Waals surface area contributed by atoms with Gasteiger partial charge in [-0.1, -0.05) is 23.2 Å². The molecule has 0 fully saturated rings. The topological polar surface area (TPSA) is 74.3 Å². The number of aromatic nitrogens is 1. The lowest BCUT2D eigenvalue weighted by atomic mass is 10.3. The van der Waals surface area contributed by atoms with Crippen LogP contribution in [0.3, 0.4) is 0 Å². The second-order valence-corrected chi connectivity index (χ2v) is 6.67. The van der Waals surface area contributed by atoms with Gasteiger partial charge >= 0.3 is 12.2 Å². The second-order valence-electron chi connectivity index (χ2n) is 5.00. The van der Waals surface area contributed by atoms with E-state index in [0.717, 1.165) is 10.3 Å². The highest BCUT2D eigenvalue weighted by atomic mass is 35.5. The van der Waals surface area contributed by atoms with Gasteiger partial charge in [-0.3, -0.25) is 10.1 Å². The standard InChI is InChI=1S/C14H11Cl2F3N4O2S/c1-23(5-11(24)20-7-2-3-8(15)9(16)4-7)13(25)22-12-21-10(6-26-12)14(17,18)19/h2-4,6H,5H2,1H3,(H,20,24)(H,21,22,25). The van der Waals surface area contributed by atoms with Crippen molar-refractivity contribution in [1.82, 2.24) is 9.88 Å². The molecule has 2 rings (SSSR count). The lowest BCUT2D eigenvalue weighted by Gasteiger charge is -2.16. The zero-order chi connectivity index (χ0) is 19.5. The molecule has 0 unspecified atom stereocenters. The summed E-state index contributed by atoms with van der Waals surface area (Å²) in [5, 5.41) is 5.85. The minimum Gasteiger partial charge on any atom is -0.324 e. The summed E-state index contributed by atoms with van der Waals surface area (Å²) < 4.78 is 37.4. The van der Waals surface area contributed by atoms with Crippen LogP contribution < -0.4 is 10.6 Å². The van der Waals surface area contributed by atoms with Gasteiger partial charge in [0.2, 0.25) is 5.91 Å². The molecule has 0 saturated heterocycles. The zero-order valence-corrected chi connectivity index (χ0v) is 15.4. The largest absolute Gasteiger partial charge is 0.434 e. The summed E-state index contributed by atoms with van der Waals surface area (Å²) in [4.78, 5) is 28.1. The molecular weight excluding hydrogens is 416 g/mol. The van der Waals surface area contributed by atoms with Crippen LogP contribution in [0.5, 0.6) is 0 Å². The first-order valence-electron chi connectivity index (χ1n) is 6.86. The maximum absolute atomic E-state index is 12.5. The van der Waals surface area contributed by atoms with Crippen LogP contribution in [-0.2, 0) is 11.0 Å². The van der Waals surface area contributed by atoms with E-state index >= 15 is 0 Å². The fraction of sp³-hybridized carbons (Fsp3) is 0.214. The first-order valence-corrected chi connectivity index (χ1v) is 8.49. The average molecular weight is 427 g/mol. The molecule has 26 heavy (non-hydrogen) atoms. The van der Waals surface area contributed by atoms with E-state index in [9.17, 15) is 22.8 Å². The third kappa shape index (κ3) is 5.48. The van der Waals surface area contributed by atoms with Crippen molar-refractivity contribution in [3.63, 3.8) is 0 Å². The summed E-state index contributed by atoms with van der Waals surface area (Å²) >= 11 is 12.2. The molecule has 1 aromatic heterocycles. The van der Waals surface area contributed by atoms with Crippen molar-refractivity contribution in [1.29, 1.82) is 0 Å². The number of amides is 3. The molecule has 0 aliphatic rings. The van der Waals surface area contributed by atoms with E-state index in [4.69, 9.17) is 23.2 Å². The highest BCUT2D eigenvalue weighted by molar-refractivity contribution is 7.13. The van der Waals surface area contributed by atoms with Crippen LogP contribution in [0, 0.1) is 0 Å². The van der Waals surface area contributed by atoms with Gasteiger partial charge in [0.1, 0.15) is 6.54 Å². The summed E-state index contributed by atoms with van der Waals surface area (Å²) in [5.74, 6) is -0.531. The Morgan fingerprint density at radius 2 is 1.92 bits per heavy atom. The molecule has 1 aromatic carbocycles. The lowest BCUT2D eigenvalue weighted by Crippen LogP contribution is -2.37. The molecule has 1 heterocycles. The highest BCUT2D eigenvalue weighted by Gasteiger charge is 2.34. The third-order valence-electron chi connectivity index (χ3n) is 2.94. The number of carbonyl (C=O) groups is 2. The molecular formula is C14H11Cl2F3N4O2S. The summed E-state index contributed by atoms with van der Waals surface area (Å²) in [7, 11) is 1.31. The van der Waals surface area contributed by atoms with E-state index in [1.807, 2.05) is 0 Å². The minimum atomic E-state index is -4.59. The van der Waals surface area contributed by atoms with Crippen molar-refractivity contribution in [3.05, 3.63) is 39.3 Å². The number of hydrogen-bond donors (Lipinski definition) is 2. The zero-order valence-electron chi connectivity index (χ0n) is 13.0. The van der Waals surface area contributed by atoms with Gasteiger partial charge in [-0.05, 0) is 18.2 Å². The molecule has 0 radical (unpaired) electrons. The molecule has 0 bridgehead atoms. The van der Waals surface area contributed by atoms with Gasteiger partial charge in [0.05, 0.1) is 10.0 Å². The number of nitrogens with one attached hydrogen (secondary N) is 2. The molecule has 140 valence electrons. The molecule has 0 aliphatic heterocycles. The van der Waals surface area contributed by atoms with Crippen LogP contribution in [0.2, 0.25) is 10.0 Å². The van der Waals surface area contributed by atoms with Gasteiger partial charge < -0.3 is 10.2 Å². The Balaban J connectivity index is 1.90. The van der Waals surface area contributed by atoms with Crippen molar-refractivity contribution in [2.45, 2.75) is 6.18 Å². The van der Waals surface area contributed by atoms with Crippen LogP contribution in [0.15, 0.2) is 23.6 Å². The van der Waals surface area contributed by atoms with Gasteiger partial charge in [-0.2, -0.15) is 13.2 Å². The molecule has 0 spiro atoms. The van der Waals surface area contributed by atoms with E-state index in [-0.39, 0.29) is 16.7 Å². The number of nitrogens with zero attached hydrogens (tertiary/aromatic N) is 2. The number of benzene rings is 1. The maximum atomic E-state index is 12.5. The predicted octanol–water partition coefficient (Wildman–Crippen LogP) is 4.57. The third-order valence-corrected chi connectivity index (χ3v) is 4.44. The molecule has 2 aromatic rings. The minimum absolute atomic E-state index is 0.223. The van der Waals surface area contributed by atoms with E-state index < -0.39 is 23.8 Å². The summed E-state index contributed by atoms with van der Waals surface area (Å²) in [6.07, 6.45) is -4.59. The second kappa shape index (κ2) is 8.11. The smallest absolute Gasteiger partial charge is 0.324 e. The molecule has 2 N–H and O–H groups in total. The number of urea groups is 1. The van der Waals surface area contributed by atoms with Crippen LogP contribution in [0.4, 0.5) is 28.8 Å². The lowest BCUT2D eigenvalue weighted by molar-refractivity contribution is -0.140. The normalized spacial score (nSPS) is 11.2. The average Bonchev–Trinajstić information content (AvgIpc) is 2.99. The van der Waals surface area contributed by atoms with Crippen LogP contribution in [0.1, 0.15) is 5.69 Å². The van der Waals surface area contributed by atoms with Crippen molar-refractivity contribution >= 4 is 57.3 Å². The molecule has 6 nitrogen and oxygen atoms in total. The van der Waals surface area contributed by atoms with Crippen LogP contribution >= 0.6 is 34.5 Å². The number of likely N-dealkylation sites (N-methyl/N-ethyl adjacent to an activating group) is 1. The fourth-order valence-corrected chi connectivity index (χ4v) is 2.71. The number of anilines is 2. The van der Waals surface area contributed by atoms with Gasteiger partial charge in [-0.15, -0.1) is 11.3 Å². The Morgan fingerprint density at radius 3 is 2.50 bits per heavy atom. The van der Waals surface area contributed by atoms with Crippen molar-refractivity contribution < 1.29 is 22.8 Å². The van der Waals surface area contributed by atoms with Gasteiger partial charge in [0.15, 0.2) is 10.8 Å². The van der Waals surface area contributed by atoms with E-state index in [1.165, 1.54) is 25.2 Å². The summed E-state index contributed by atoms with van der Waals surface area (Å²) in [6, 6.07) is 3.69. The summed E-state index contributed by atoms with van der Waals surface area (Å²) in [5.41, 5.74) is -0.717. The van der Waals surface area contributed by atoms with Gasteiger partial charge in [0.25, 0.3) is 0 Å². The Hall–Kier alpha value is -2.04.